The molecule has 2 aromatic heterocycles. The van der Waals surface area contributed by atoms with Gasteiger partial charge in [0, 0.05) is 11.6 Å². The minimum absolute atomic E-state index is 0.0497. The van der Waals surface area contributed by atoms with Crippen molar-refractivity contribution in [1.29, 1.82) is 0 Å². The van der Waals surface area contributed by atoms with E-state index in [2.05, 4.69) is 37.7 Å². The number of urea groups is 1. The molecule has 1 atom stereocenters. The third-order valence-corrected chi connectivity index (χ3v) is 5.34. The summed E-state index contributed by atoms with van der Waals surface area (Å²) in [6.45, 7) is 2.00. The highest BCUT2D eigenvalue weighted by Gasteiger charge is 2.10. The van der Waals surface area contributed by atoms with Crippen molar-refractivity contribution in [1.82, 2.24) is 20.3 Å². The first-order valence-corrected chi connectivity index (χ1v) is 11.0. The number of hydrogen-bond acceptors (Lipinski definition) is 5. The minimum Gasteiger partial charge on any atom is -0.497 e. The van der Waals surface area contributed by atoms with Crippen LogP contribution in [0.4, 0.5) is 10.6 Å². The fourth-order valence-corrected chi connectivity index (χ4v) is 3.59. The van der Waals surface area contributed by atoms with Crippen LogP contribution in [0.1, 0.15) is 25.3 Å². The maximum atomic E-state index is 12.4. The molecule has 4 aromatic rings. The topological polar surface area (TPSA) is 89.0 Å². The van der Waals surface area contributed by atoms with Gasteiger partial charge in [-0.1, -0.05) is 42.5 Å². The van der Waals surface area contributed by atoms with Crippen LogP contribution < -0.4 is 15.4 Å². The van der Waals surface area contributed by atoms with Gasteiger partial charge in [0.25, 0.3) is 0 Å². The summed E-state index contributed by atoms with van der Waals surface area (Å²) in [7, 11) is 1.62. The van der Waals surface area contributed by atoms with E-state index in [4.69, 9.17) is 4.74 Å². The quantitative estimate of drug-likeness (QED) is 0.391. The van der Waals surface area contributed by atoms with E-state index in [0.29, 0.717) is 22.7 Å². The normalized spacial score (nSPS) is 11.7. The number of anilines is 1. The maximum absolute atomic E-state index is 12.4. The first-order valence-electron chi connectivity index (χ1n) is 11.0. The van der Waals surface area contributed by atoms with Gasteiger partial charge in [-0.15, -0.1) is 0 Å². The molecule has 0 aliphatic heterocycles. The van der Waals surface area contributed by atoms with E-state index in [1.54, 1.807) is 25.4 Å². The molecule has 0 aliphatic carbocycles. The first-order chi connectivity index (χ1) is 16.1. The van der Waals surface area contributed by atoms with Gasteiger partial charge in [-0.2, -0.15) is 0 Å². The molecular weight excluding hydrogens is 414 g/mol. The largest absolute Gasteiger partial charge is 0.497 e. The van der Waals surface area contributed by atoms with E-state index >= 15 is 0 Å². The molecule has 0 saturated carbocycles. The second kappa shape index (κ2) is 10.5. The Morgan fingerprint density at radius 2 is 1.88 bits per heavy atom. The van der Waals surface area contributed by atoms with Crippen molar-refractivity contribution < 1.29 is 9.53 Å². The van der Waals surface area contributed by atoms with Gasteiger partial charge in [-0.25, -0.2) is 14.8 Å². The Labute approximate surface area is 193 Å². The van der Waals surface area contributed by atoms with Gasteiger partial charge >= 0.3 is 6.03 Å². The average molecular weight is 442 g/mol. The molecule has 0 unspecified atom stereocenters. The van der Waals surface area contributed by atoms with Crippen LogP contribution in [-0.4, -0.2) is 34.1 Å². The number of nitrogens with zero attached hydrogens (tertiary/aromatic N) is 3. The molecule has 2 heterocycles. The highest BCUT2D eigenvalue weighted by Crippen LogP contribution is 2.23. The lowest BCUT2D eigenvalue weighted by Crippen LogP contribution is -2.36. The van der Waals surface area contributed by atoms with E-state index in [9.17, 15) is 4.79 Å². The van der Waals surface area contributed by atoms with E-state index in [1.165, 1.54) is 5.56 Å². The number of rotatable bonds is 8. The Morgan fingerprint density at radius 3 is 2.70 bits per heavy atom. The molecule has 33 heavy (non-hydrogen) atoms. The smallest absolute Gasteiger partial charge is 0.320 e. The number of nitrogens with one attached hydrogen (secondary N) is 2. The zero-order chi connectivity index (χ0) is 23.0. The van der Waals surface area contributed by atoms with Crippen LogP contribution in [0, 0.1) is 0 Å². The van der Waals surface area contributed by atoms with Crippen molar-refractivity contribution in [3.63, 3.8) is 0 Å². The lowest BCUT2D eigenvalue weighted by atomic mass is 10.1. The molecule has 0 bridgehead atoms. The number of aromatic nitrogens is 3. The zero-order valence-corrected chi connectivity index (χ0v) is 18.8. The lowest BCUT2D eigenvalue weighted by Gasteiger charge is -2.14. The van der Waals surface area contributed by atoms with Crippen LogP contribution in [0.25, 0.3) is 22.4 Å². The van der Waals surface area contributed by atoms with E-state index in [1.807, 2.05) is 49.4 Å². The number of fused-ring (bicyclic) bond motifs is 1. The van der Waals surface area contributed by atoms with Crippen molar-refractivity contribution >= 4 is 23.0 Å². The van der Waals surface area contributed by atoms with Crippen molar-refractivity contribution in [2.45, 2.75) is 32.2 Å². The molecule has 168 valence electrons. The summed E-state index contributed by atoms with van der Waals surface area (Å²) < 4.78 is 5.29. The highest BCUT2D eigenvalue weighted by atomic mass is 16.5. The third kappa shape index (κ3) is 6.04. The van der Waals surface area contributed by atoms with Crippen LogP contribution >= 0.6 is 0 Å². The van der Waals surface area contributed by atoms with E-state index in [0.717, 1.165) is 30.6 Å². The molecule has 0 radical (unpaired) electrons. The molecule has 2 amide bonds. The number of ether oxygens (including phenoxy) is 1. The Balaban J connectivity index is 1.36. The number of methoxy groups -OCH3 is 1. The maximum Gasteiger partial charge on any atom is 0.320 e. The molecule has 2 aromatic carbocycles. The van der Waals surface area contributed by atoms with Gasteiger partial charge < -0.3 is 10.1 Å². The molecule has 0 saturated heterocycles. The summed E-state index contributed by atoms with van der Waals surface area (Å²) in [5.41, 5.74) is 3.99. The Morgan fingerprint density at radius 1 is 1.03 bits per heavy atom. The van der Waals surface area contributed by atoms with Gasteiger partial charge in [0.1, 0.15) is 17.1 Å². The minimum atomic E-state index is -0.286. The molecule has 2 N–H and O–H groups in total. The highest BCUT2D eigenvalue weighted by molar-refractivity contribution is 5.89. The van der Waals surface area contributed by atoms with Crippen LogP contribution in [-0.2, 0) is 6.42 Å². The number of benzene rings is 2. The second-order valence-corrected chi connectivity index (χ2v) is 7.90. The van der Waals surface area contributed by atoms with Crippen LogP contribution in [0.2, 0.25) is 0 Å². The van der Waals surface area contributed by atoms with Crippen LogP contribution in [0.15, 0.2) is 72.9 Å². The second-order valence-electron chi connectivity index (χ2n) is 7.90. The number of hydrogen-bond donors (Lipinski definition) is 2. The predicted octanol–water partition coefficient (Wildman–Crippen LogP) is 5.23. The SMILES string of the molecule is COc1cccc(-c2cnc3ccc(NC(=O)N[C@H](C)CCCc4ccccc4)nc3n2)c1. The van der Waals surface area contributed by atoms with Gasteiger partial charge in [-0.05, 0) is 56.0 Å². The van der Waals surface area contributed by atoms with Gasteiger partial charge in [0.2, 0.25) is 0 Å². The first kappa shape index (κ1) is 22.2. The molecular formula is C26H27N5O2. The predicted molar refractivity (Wildman–Crippen MR) is 130 cm³/mol. The number of carbonyl (C=O) groups is 1. The number of amides is 2. The molecule has 7 heteroatoms. The zero-order valence-electron chi connectivity index (χ0n) is 18.8. The molecule has 4 rings (SSSR count). The standard InChI is InChI=1S/C26H27N5O2/c1-18(8-6-11-19-9-4-3-5-10-19)28-26(32)31-24-15-14-22-25(30-24)29-23(17-27-22)20-12-7-13-21(16-20)33-2/h3-5,7,9-10,12-18H,6,8,11H2,1-2H3,(H2,28,29,30,31,32)/t18-/m1/s1. The molecule has 7 nitrogen and oxygen atoms in total. The lowest BCUT2D eigenvalue weighted by molar-refractivity contribution is 0.248. The van der Waals surface area contributed by atoms with Crippen molar-refractivity contribution in [2.75, 3.05) is 12.4 Å². The summed E-state index contributed by atoms with van der Waals surface area (Å²) in [6, 6.07) is 21.2. The Bertz CT molecular complexity index is 1230. The third-order valence-electron chi connectivity index (χ3n) is 5.34. The van der Waals surface area contributed by atoms with Gasteiger partial charge in [0.05, 0.1) is 19.0 Å². The van der Waals surface area contributed by atoms with Crippen LogP contribution in [0.5, 0.6) is 5.75 Å². The fraction of sp³-hybridized carbons (Fsp3) is 0.231. The number of aryl methyl sites for hydroxylation is 1. The number of carbonyl (C=O) groups excluding carboxylic acids is 1. The summed E-state index contributed by atoms with van der Waals surface area (Å²) in [5.74, 6) is 1.17. The summed E-state index contributed by atoms with van der Waals surface area (Å²) in [6.07, 6.45) is 4.59. The molecule has 0 fully saturated rings. The Hall–Kier alpha value is -4.00. The molecule has 0 aliphatic rings. The van der Waals surface area contributed by atoms with Gasteiger partial charge in [0.15, 0.2) is 5.65 Å². The average Bonchev–Trinajstić information content (AvgIpc) is 2.84. The van der Waals surface area contributed by atoms with Crippen molar-refractivity contribution in [3.8, 4) is 17.0 Å². The Kier molecular flexibility index (Phi) is 7.09. The number of pyridine rings is 1. The fourth-order valence-electron chi connectivity index (χ4n) is 3.59. The summed E-state index contributed by atoms with van der Waals surface area (Å²) in [4.78, 5) is 26.0. The van der Waals surface area contributed by atoms with Crippen LogP contribution in [0.3, 0.4) is 0 Å². The van der Waals surface area contributed by atoms with Crippen molar-refractivity contribution in [2.24, 2.45) is 0 Å². The van der Waals surface area contributed by atoms with Gasteiger partial charge in [-0.3, -0.25) is 10.3 Å². The van der Waals surface area contributed by atoms with E-state index in [-0.39, 0.29) is 12.1 Å². The monoisotopic (exact) mass is 441 g/mol. The van der Waals surface area contributed by atoms with Crippen molar-refractivity contribution in [3.05, 3.63) is 78.5 Å². The molecule has 0 spiro atoms. The van der Waals surface area contributed by atoms with E-state index < -0.39 is 0 Å². The summed E-state index contributed by atoms with van der Waals surface area (Å²) in [5, 5.41) is 5.77. The summed E-state index contributed by atoms with van der Waals surface area (Å²) >= 11 is 0.